The summed E-state index contributed by atoms with van der Waals surface area (Å²) in [6, 6.07) is 5.35. The third kappa shape index (κ3) is 4.05. The number of aryl methyl sites for hydroxylation is 1. The number of carbonyl (C=O) groups is 2. The van der Waals surface area contributed by atoms with E-state index in [1.807, 2.05) is 0 Å². The SMILES string of the molecule is CCOC(=O)c1c(NC(=O)CSc2nnc(-c3ccc4c(c3)OCO4)o2)sc2c1CCC2. The fraction of sp³-hybridized carbons (Fsp3) is 0.333. The van der Waals surface area contributed by atoms with Crippen molar-refractivity contribution in [1.82, 2.24) is 10.2 Å². The van der Waals surface area contributed by atoms with Crippen molar-refractivity contribution in [2.45, 2.75) is 31.4 Å². The molecule has 1 aliphatic carbocycles. The Morgan fingerprint density at radius 3 is 2.97 bits per heavy atom. The number of thioether (sulfide) groups is 1. The molecule has 0 atom stereocenters. The molecule has 1 aliphatic heterocycles. The number of nitrogens with zero attached hydrogens (tertiary/aromatic N) is 2. The number of aromatic nitrogens is 2. The van der Waals surface area contributed by atoms with E-state index in [-0.39, 0.29) is 36.3 Å². The van der Waals surface area contributed by atoms with Crippen LogP contribution in [0.3, 0.4) is 0 Å². The van der Waals surface area contributed by atoms with Crippen molar-refractivity contribution in [3.8, 4) is 23.0 Å². The van der Waals surface area contributed by atoms with Crippen LogP contribution in [0.2, 0.25) is 0 Å². The minimum Gasteiger partial charge on any atom is -0.462 e. The standard InChI is InChI=1S/C21H19N3O6S2/c1-2-27-20(26)17-12-4-3-5-15(12)32-19(17)22-16(25)9-31-21-24-23-18(30-21)11-6-7-13-14(8-11)29-10-28-13/h6-8H,2-5,9-10H2,1H3,(H,22,25). The molecule has 5 rings (SSSR count). The summed E-state index contributed by atoms with van der Waals surface area (Å²) < 4.78 is 21.5. The lowest BCUT2D eigenvalue weighted by atomic mass is 10.1. The summed E-state index contributed by atoms with van der Waals surface area (Å²) in [7, 11) is 0. The summed E-state index contributed by atoms with van der Waals surface area (Å²) in [6.07, 6.45) is 2.76. The molecule has 0 radical (unpaired) electrons. The monoisotopic (exact) mass is 473 g/mol. The average Bonchev–Trinajstić information content (AvgIpc) is 3.55. The zero-order valence-corrected chi connectivity index (χ0v) is 18.8. The maximum absolute atomic E-state index is 12.6. The Morgan fingerprint density at radius 1 is 1.22 bits per heavy atom. The van der Waals surface area contributed by atoms with E-state index >= 15 is 0 Å². The number of anilines is 1. The summed E-state index contributed by atoms with van der Waals surface area (Å²) in [6.45, 7) is 2.24. The topological polar surface area (TPSA) is 113 Å². The molecule has 0 saturated heterocycles. The number of amides is 1. The van der Waals surface area contributed by atoms with Crippen molar-refractivity contribution in [3.63, 3.8) is 0 Å². The Kier molecular flexibility index (Phi) is 5.75. The second-order valence-corrected chi connectivity index (χ2v) is 9.09. The van der Waals surface area contributed by atoms with Crippen LogP contribution in [-0.4, -0.2) is 41.2 Å². The maximum Gasteiger partial charge on any atom is 0.341 e. The number of thiophene rings is 1. The zero-order chi connectivity index (χ0) is 22.1. The van der Waals surface area contributed by atoms with Crippen molar-refractivity contribution < 1.29 is 28.2 Å². The van der Waals surface area contributed by atoms with Gasteiger partial charge in [-0.1, -0.05) is 11.8 Å². The second kappa shape index (κ2) is 8.83. The number of benzene rings is 1. The first-order valence-corrected chi connectivity index (χ1v) is 11.9. The van der Waals surface area contributed by atoms with E-state index in [1.54, 1.807) is 25.1 Å². The molecule has 166 valence electrons. The number of nitrogens with one attached hydrogen (secondary N) is 1. The molecule has 1 N–H and O–H groups in total. The normalized spacial score (nSPS) is 13.8. The molecule has 9 nitrogen and oxygen atoms in total. The summed E-state index contributed by atoms with van der Waals surface area (Å²) >= 11 is 2.57. The molecule has 0 fully saturated rings. The number of carbonyl (C=O) groups excluding carboxylic acids is 2. The van der Waals surface area contributed by atoms with Gasteiger partial charge < -0.3 is 23.9 Å². The molecule has 2 aromatic heterocycles. The van der Waals surface area contributed by atoms with Crippen LogP contribution in [0.4, 0.5) is 5.00 Å². The molecule has 3 heterocycles. The van der Waals surface area contributed by atoms with Gasteiger partial charge in [-0.15, -0.1) is 21.5 Å². The van der Waals surface area contributed by atoms with E-state index in [1.165, 1.54) is 11.3 Å². The highest BCUT2D eigenvalue weighted by Crippen LogP contribution is 2.40. The van der Waals surface area contributed by atoms with E-state index < -0.39 is 0 Å². The fourth-order valence-corrected chi connectivity index (χ4v) is 5.47. The van der Waals surface area contributed by atoms with E-state index in [0.29, 0.717) is 33.5 Å². The van der Waals surface area contributed by atoms with Gasteiger partial charge in [0.2, 0.25) is 18.6 Å². The van der Waals surface area contributed by atoms with Gasteiger partial charge in [-0.2, -0.15) is 0 Å². The summed E-state index contributed by atoms with van der Waals surface area (Å²) in [5.74, 6) is 1.03. The van der Waals surface area contributed by atoms with Gasteiger partial charge in [-0.25, -0.2) is 4.79 Å². The minimum atomic E-state index is -0.389. The van der Waals surface area contributed by atoms with Crippen LogP contribution < -0.4 is 14.8 Å². The highest BCUT2D eigenvalue weighted by atomic mass is 32.2. The molecule has 3 aromatic rings. The van der Waals surface area contributed by atoms with Gasteiger partial charge in [0.05, 0.1) is 17.9 Å². The van der Waals surface area contributed by atoms with Gasteiger partial charge >= 0.3 is 5.97 Å². The second-order valence-electron chi connectivity index (χ2n) is 7.06. The molecule has 0 bridgehead atoms. The van der Waals surface area contributed by atoms with Crippen molar-refractivity contribution in [3.05, 3.63) is 34.2 Å². The van der Waals surface area contributed by atoms with Crippen LogP contribution in [0, 0.1) is 0 Å². The first kappa shape index (κ1) is 20.8. The van der Waals surface area contributed by atoms with Gasteiger partial charge in [-0.05, 0) is 49.9 Å². The summed E-state index contributed by atoms with van der Waals surface area (Å²) in [5, 5.41) is 11.7. The van der Waals surface area contributed by atoms with Crippen LogP contribution in [0.15, 0.2) is 27.8 Å². The zero-order valence-electron chi connectivity index (χ0n) is 17.1. The maximum atomic E-state index is 12.6. The lowest BCUT2D eigenvalue weighted by molar-refractivity contribution is -0.113. The average molecular weight is 474 g/mol. The molecule has 2 aliphatic rings. The van der Waals surface area contributed by atoms with Gasteiger partial charge in [0, 0.05) is 10.4 Å². The smallest absolute Gasteiger partial charge is 0.341 e. The summed E-state index contributed by atoms with van der Waals surface area (Å²) in [5.41, 5.74) is 2.19. The number of fused-ring (bicyclic) bond motifs is 2. The van der Waals surface area contributed by atoms with Crippen molar-refractivity contribution in [2.75, 3.05) is 24.5 Å². The third-order valence-corrected chi connectivity index (χ3v) is 7.03. The minimum absolute atomic E-state index is 0.0631. The van der Waals surface area contributed by atoms with Gasteiger partial charge in [0.15, 0.2) is 11.5 Å². The predicted octanol–water partition coefficient (Wildman–Crippen LogP) is 3.92. The molecule has 0 spiro atoms. The van der Waals surface area contributed by atoms with Crippen LogP contribution in [-0.2, 0) is 22.4 Å². The largest absolute Gasteiger partial charge is 0.462 e. The quantitative estimate of drug-likeness (QED) is 0.403. The Hall–Kier alpha value is -3.05. The van der Waals surface area contributed by atoms with E-state index in [9.17, 15) is 9.59 Å². The molecule has 11 heteroatoms. The fourth-order valence-electron chi connectivity index (χ4n) is 3.62. The first-order valence-electron chi connectivity index (χ1n) is 10.1. The predicted molar refractivity (Wildman–Crippen MR) is 118 cm³/mol. The molecule has 0 saturated carbocycles. The summed E-state index contributed by atoms with van der Waals surface area (Å²) in [4.78, 5) is 26.1. The Labute approximate surface area is 191 Å². The molecule has 0 unspecified atom stereocenters. The molecule has 32 heavy (non-hydrogen) atoms. The Bertz CT molecular complexity index is 1190. The lowest BCUT2D eigenvalue weighted by Gasteiger charge is -2.07. The molecule has 1 amide bonds. The van der Waals surface area contributed by atoms with Crippen LogP contribution in [0.25, 0.3) is 11.5 Å². The van der Waals surface area contributed by atoms with Crippen LogP contribution in [0.5, 0.6) is 11.5 Å². The van der Waals surface area contributed by atoms with Gasteiger partial charge in [0.1, 0.15) is 5.00 Å². The third-order valence-electron chi connectivity index (χ3n) is 5.01. The van der Waals surface area contributed by atoms with Crippen LogP contribution >= 0.6 is 23.1 Å². The van der Waals surface area contributed by atoms with Crippen LogP contribution in [0.1, 0.15) is 34.1 Å². The Balaban J connectivity index is 1.23. The number of ether oxygens (including phenoxy) is 3. The first-order chi connectivity index (χ1) is 15.6. The number of rotatable bonds is 7. The van der Waals surface area contributed by atoms with Crippen molar-refractivity contribution in [1.29, 1.82) is 0 Å². The number of esters is 1. The highest BCUT2D eigenvalue weighted by molar-refractivity contribution is 7.99. The molecular formula is C21H19N3O6S2. The van der Waals surface area contributed by atoms with E-state index in [4.69, 9.17) is 18.6 Å². The lowest BCUT2D eigenvalue weighted by Crippen LogP contribution is -2.16. The van der Waals surface area contributed by atoms with Gasteiger partial charge in [-0.3, -0.25) is 4.79 Å². The van der Waals surface area contributed by atoms with Gasteiger partial charge in [0.25, 0.3) is 5.22 Å². The van der Waals surface area contributed by atoms with Crippen molar-refractivity contribution >= 4 is 40.0 Å². The van der Waals surface area contributed by atoms with E-state index in [0.717, 1.165) is 41.5 Å². The van der Waals surface area contributed by atoms with Crippen molar-refractivity contribution in [2.24, 2.45) is 0 Å². The highest BCUT2D eigenvalue weighted by Gasteiger charge is 2.28. The Morgan fingerprint density at radius 2 is 2.09 bits per heavy atom. The number of hydrogen-bond donors (Lipinski definition) is 1. The number of hydrogen-bond acceptors (Lipinski definition) is 10. The van der Waals surface area contributed by atoms with E-state index in [2.05, 4.69) is 15.5 Å². The molecule has 1 aromatic carbocycles. The molecular weight excluding hydrogens is 454 g/mol.